The fourth-order valence-electron chi connectivity index (χ4n) is 3.38. The van der Waals surface area contributed by atoms with E-state index in [9.17, 15) is 14.0 Å². The van der Waals surface area contributed by atoms with Gasteiger partial charge in [-0.2, -0.15) is 0 Å². The minimum Gasteiger partial charge on any atom is -0.326 e. The van der Waals surface area contributed by atoms with Crippen LogP contribution in [0.25, 0.3) is 0 Å². The molecule has 0 atom stereocenters. The van der Waals surface area contributed by atoms with Gasteiger partial charge in [0.2, 0.25) is 5.91 Å². The highest BCUT2D eigenvalue weighted by atomic mass is 32.1. The third kappa shape index (κ3) is 3.47. The van der Waals surface area contributed by atoms with Crippen molar-refractivity contribution in [1.29, 1.82) is 0 Å². The normalized spacial score (nSPS) is 17.5. The number of piperidine rings is 1. The van der Waals surface area contributed by atoms with Crippen molar-refractivity contribution >= 4 is 34.0 Å². The fourth-order valence-corrected chi connectivity index (χ4v) is 4.36. The molecule has 1 saturated heterocycles. The number of carbonyl (C=O) groups is 2. The molecule has 4 rings (SSSR count). The average molecular weight is 374 g/mol. The summed E-state index contributed by atoms with van der Waals surface area (Å²) in [6.45, 7) is 1.97. The second-order valence-corrected chi connectivity index (χ2v) is 7.65. The first-order valence-corrected chi connectivity index (χ1v) is 9.52. The molecule has 0 radical (unpaired) electrons. The number of aromatic nitrogens is 1. The lowest BCUT2D eigenvalue weighted by Crippen LogP contribution is -2.26. The standard InChI is InChI=1S/C18H19FN4O2S/c19-13-8-14-11(1-2-16(24)22-14)7-12(13)17(25)23-18-21-9-15(26-18)10-3-5-20-6-4-10/h7-10,20H,1-6H2,(H,22,24)(H,21,23,25). The van der Waals surface area contributed by atoms with Gasteiger partial charge in [0.25, 0.3) is 5.91 Å². The van der Waals surface area contributed by atoms with Crippen LogP contribution in [-0.4, -0.2) is 29.9 Å². The maximum Gasteiger partial charge on any atom is 0.260 e. The predicted molar refractivity (Wildman–Crippen MR) is 98.3 cm³/mol. The maximum absolute atomic E-state index is 14.3. The Morgan fingerprint density at radius 2 is 2.08 bits per heavy atom. The van der Waals surface area contributed by atoms with Gasteiger partial charge in [-0.15, -0.1) is 11.3 Å². The van der Waals surface area contributed by atoms with Gasteiger partial charge in [0.1, 0.15) is 5.82 Å². The van der Waals surface area contributed by atoms with E-state index in [1.807, 2.05) is 0 Å². The number of hydrogen-bond donors (Lipinski definition) is 3. The summed E-state index contributed by atoms with van der Waals surface area (Å²) in [5, 5.41) is 9.14. The van der Waals surface area contributed by atoms with Crippen LogP contribution < -0.4 is 16.0 Å². The van der Waals surface area contributed by atoms with Crippen molar-refractivity contribution in [3.8, 4) is 0 Å². The highest BCUT2D eigenvalue weighted by molar-refractivity contribution is 7.15. The first-order chi connectivity index (χ1) is 12.6. The van der Waals surface area contributed by atoms with Crippen molar-refractivity contribution in [2.45, 2.75) is 31.6 Å². The summed E-state index contributed by atoms with van der Waals surface area (Å²) in [5.74, 6) is -0.849. The Balaban J connectivity index is 1.50. The molecule has 3 N–H and O–H groups in total. The molecule has 0 unspecified atom stereocenters. The minimum absolute atomic E-state index is 0.0292. The van der Waals surface area contributed by atoms with Gasteiger partial charge < -0.3 is 10.6 Å². The summed E-state index contributed by atoms with van der Waals surface area (Å²) in [4.78, 5) is 29.3. The Bertz CT molecular complexity index is 861. The molecular weight excluding hydrogens is 355 g/mol. The zero-order valence-electron chi connectivity index (χ0n) is 14.1. The minimum atomic E-state index is -0.654. The van der Waals surface area contributed by atoms with E-state index in [2.05, 4.69) is 20.9 Å². The van der Waals surface area contributed by atoms with Crippen molar-refractivity contribution < 1.29 is 14.0 Å². The van der Waals surface area contributed by atoms with E-state index in [0.29, 0.717) is 29.6 Å². The van der Waals surface area contributed by atoms with Crippen molar-refractivity contribution in [3.63, 3.8) is 0 Å². The summed E-state index contributed by atoms with van der Waals surface area (Å²) >= 11 is 1.45. The lowest BCUT2D eigenvalue weighted by atomic mass is 9.97. The summed E-state index contributed by atoms with van der Waals surface area (Å²) < 4.78 is 14.3. The third-order valence-electron chi connectivity index (χ3n) is 4.82. The number of hydrogen-bond acceptors (Lipinski definition) is 5. The Kier molecular flexibility index (Phi) is 4.69. The molecule has 8 heteroatoms. The number of thiazole rings is 1. The summed E-state index contributed by atoms with van der Waals surface area (Å²) in [6, 6.07) is 2.73. The molecule has 1 aromatic heterocycles. The molecule has 26 heavy (non-hydrogen) atoms. The number of fused-ring (bicyclic) bond motifs is 1. The first-order valence-electron chi connectivity index (χ1n) is 8.70. The van der Waals surface area contributed by atoms with Crippen LogP contribution in [0.15, 0.2) is 18.3 Å². The lowest BCUT2D eigenvalue weighted by molar-refractivity contribution is -0.116. The Hall–Kier alpha value is -2.32. The van der Waals surface area contributed by atoms with Crippen LogP contribution in [0.4, 0.5) is 15.2 Å². The molecule has 0 saturated carbocycles. The van der Waals surface area contributed by atoms with Crippen molar-refractivity contribution in [1.82, 2.24) is 10.3 Å². The summed E-state index contributed by atoms with van der Waals surface area (Å²) in [5.41, 5.74) is 1.18. The number of anilines is 2. The summed E-state index contributed by atoms with van der Waals surface area (Å²) in [7, 11) is 0. The number of amides is 2. The summed E-state index contributed by atoms with van der Waals surface area (Å²) in [6.07, 6.45) is 4.75. The van der Waals surface area contributed by atoms with Crippen molar-refractivity contribution in [3.05, 3.63) is 40.2 Å². The molecule has 0 bridgehead atoms. The van der Waals surface area contributed by atoms with E-state index in [0.717, 1.165) is 36.4 Å². The van der Waals surface area contributed by atoms with Gasteiger partial charge in [0.05, 0.1) is 5.56 Å². The van der Waals surface area contributed by atoms with E-state index in [4.69, 9.17) is 0 Å². The van der Waals surface area contributed by atoms with E-state index in [-0.39, 0.29) is 11.5 Å². The number of nitrogens with zero attached hydrogens (tertiary/aromatic N) is 1. The molecule has 0 aliphatic carbocycles. The van der Waals surface area contributed by atoms with Crippen LogP contribution in [0.5, 0.6) is 0 Å². The molecular formula is C18H19FN4O2S. The molecule has 1 fully saturated rings. The monoisotopic (exact) mass is 374 g/mol. The first kappa shape index (κ1) is 17.1. The van der Waals surface area contributed by atoms with Gasteiger partial charge in [-0.05, 0) is 56.0 Å². The topological polar surface area (TPSA) is 83.1 Å². The number of halogens is 1. The van der Waals surface area contributed by atoms with Crippen molar-refractivity contribution in [2.24, 2.45) is 0 Å². The lowest BCUT2D eigenvalue weighted by Gasteiger charge is -2.20. The van der Waals surface area contributed by atoms with Crippen LogP contribution in [0.1, 0.15) is 46.0 Å². The number of rotatable bonds is 3. The average Bonchev–Trinajstić information content (AvgIpc) is 3.10. The van der Waals surface area contributed by atoms with Crippen LogP contribution >= 0.6 is 11.3 Å². The van der Waals surface area contributed by atoms with Crippen LogP contribution in [-0.2, 0) is 11.2 Å². The van der Waals surface area contributed by atoms with Crippen LogP contribution in [0, 0.1) is 5.82 Å². The Morgan fingerprint density at radius 1 is 1.27 bits per heavy atom. The molecule has 2 aliphatic rings. The number of aryl methyl sites for hydroxylation is 1. The van der Waals surface area contributed by atoms with Gasteiger partial charge in [-0.25, -0.2) is 9.37 Å². The molecule has 6 nitrogen and oxygen atoms in total. The van der Waals surface area contributed by atoms with E-state index in [1.54, 1.807) is 6.20 Å². The number of carbonyl (C=O) groups excluding carboxylic acids is 2. The highest BCUT2D eigenvalue weighted by Crippen LogP contribution is 2.32. The van der Waals surface area contributed by atoms with Gasteiger partial charge in [-0.1, -0.05) is 0 Å². The second kappa shape index (κ2) is 7.13. The molecule has 136 valence electrons. The fraction of sp³-hybridized carbons (Fsp3) is 0.389. The molecule has 2 aromatic rings. The van der Waals surface area contributed by atoms with Crippen molar-refractivity contribution in [2.75, 3.05) is 23.7 Å². The predicted octanol–water partition coefficient (Wildman–Crippen LogP) is 2.89. The quantitative estimate of drug-likeness (QED) is 0.771. The second-order valence-electron chi connectivity index (χ2n) is 6.58. The van der Waals surface area contributed by atoms with Gasteiger partial charge in [0.15, 0.2) is 5.13 Å². The largest absolute Gasteiger partial charge is 0.326 e. The Labute approximate surface area is 154 Å². The third-order valence-corrected chi connectivity index (χ3v) is 5.89. The van der Waals surface area contributed by atoms with E-state index < -0.39 is 11.7 Å². The highest BCUT2D eigenvalue weighted by Gasteiger charge is 2.22. The maximum atomic E-state index is 14.3. The Morgan fingerprint density at radius 3 is 2.88 bits per heavy atom. The molecule has 2 aliphatic heterocycles. The van der Waals surface area contributed by atoms with Gasteiger partial charge in [-0.3, -0.25) is 14.9 Å². The molecule has 2 amide bonds. The molecule has 0 spiro atoms. The SMILES string of the molecule is O=C1CCc2cc(C(=O)Nc3ncc(C4CCNCC4)s3)c(F)cc2N1. The number of nitrogens with one attached hydrogen (secondary N) is 3. The smallest absolute Gasteiger partial charge is 0.260 e. The van der Waals surface area contributed by atoms with Crippen LogP contribution in [0.2, 0.25) is 0 Å². The van der Waals surface area contributed by atoms with Gasteiger partial charge >= 0.3 is 0 Å². The zero-order valence-corrected chi connectivity index (χ0v) is 14.9. The number of benzene rings is 1. The van der Waals surface area contributed by atoms with Crippen LogP contribution in [0.3, 0.4) is 0 Å². The van der Waals surface area contributed by atoms with E-state index in [1.165, 1.54) is 23.5 Å². The molecule has 1 aromatic carbocycles. The zero-order chi connectivity index (χ0) is 18.1. The molecule has 3 heterocycles. The van der Waals surface area contributed by atoms with Gasteiger partial charge in [0, 0.05) is 23.2 Å². The van der Waals surface area contributed by atoms with E-state index >= 15 is 0 Å².